The van der Waals surface area contributed by atoms with Gasteiger partial charge in [-0.1, -0.05) is 18.9 Å². The molecule has 0 amide bonds. The molecule has 2 nitrogen and oxygen atoms in total. The third-order valence-corrected chi connectivity index (χ3v) is 6.10. The van der Waals surface area contributed by atoms with E-state index in [1.165, 1.54) is 75.5 Å². The summed E-state index contributed by atoms with van der Waals surface area (Å²) in [5, 5.41) is 9.92. The van der Waals surface area contributed by atoms with Gasteiger partial charge in [0.2, 0.25) is 0 Å². The van der Waals surface area contributed by atoms with Crippen LogP contribution in [0.15, 0.2) is 18.2 Å². The van der Waals surface area contributed by atoms with Crippen molar-refractivity contribution < 1.29 is 5.11 Å². The summed E-state index contributed by atoms with van der Waals surface area (Å²) in [5.41, 5.74) is 2.90. The molecule has 2 aliphatic carbocycles. The number of phenolic OH excluding ortho intramolecular Hbond substituents is 1. The van der Waals surface area contributed by atoms with E-state index in [-0.39, 0.29) is 0 Å². The molecule has 21 heavy (non-hydrogen) atoms. The largest absolute Gasteiger partial charge is 0.508 e. The molecule has 1 saturated carbocycles. The van der Waals surface area contributed by atoms with Crippen LogP contribution in [0.1, 0.15) is 68.5 Å². The number of fused-ring (bicyclic) bond motifs is 2. The van der Waals surface area contributed by atoms with Crippen LogP contribution < -0.4 is 0 Å². The number of aryl methyl sites for hydroxylation is 1. The van der Waals surface area contributed by atoms with Gasteiger partial charge >= 0.3 is 0 Å². The minimum absolute atomic E-state index is 0.442. The number of benzene rings is 1. The molecule has 3 unspecified atom stereocenters. The lowest BCUT2D eigenvalue weighted by Crippen LogP contribution is -2.48. The lowest BCUT2D eigenvalue weighted by Gasteiger charge is -2.49. The Hall–Kier alpha value is -1.02. The Labute approximate surface area is 128 Å². The van der Waals surface area contributed by atoms with E-state index in [2.05, 4.69) is 11.0 Å². The van der Waals surface area contributed by atoms with E-state index < -0.39 is 0 Å². The van der Waals surface area contributed by atoms with E-state index in [0.29, 0.717) is 11.8 Å². The van der Waals surface area contributed by atoms with Gasteiger partial charge in [0.05, 0.1) is 0 Å². The first-order valence-corrected chi connectivity index (χ1v) is 8.90. The van der Waals surface area contributed by atoms with Gasteiger partial charge in [0.25, 0.3) is 0 Å². The second-order valence-electron chi connectivity index (χ2n) is 7.28. The molecule has 0 radical (unpaired) electrons. The number of phenols is 1. The Bertz CT molecular complexity index is 510. The van der Waals surface area contributed by atoms with Crippen LogP contribution in [0.25, 0.3) is 0 Å². The molecule has 1 heterocycles. The Balaban J connectivity index is 1.65. The van der Waals surface area contributed by atoms with Gasteiger partial charge in [0, 0.05) is 12.1 Å². The van der Waals surface area contributed by atoms with Crippen molar-refractivity contribution in [3.8, 4) is 5.75 Å². The molecule has 0 spiro atoms. The SMILES string of the molecule is Oc1ccc2c(c1)C(N1CCCC3CCCCC31)CCC2. The average Bonchev–Trinajstić information content (AvgIpc) is 2.54. The summed E-state index contributed by atoms with van der Waals surface area (Å²) in [5.74, 6) is 1.38. The molecule has 2 fully saturated rings. The first kappa shape index (κ1) is 13.6. The quantitative estimate of drug-likeness (QED) is 0.825. The lowest BCUT2D eigenvalue weighted by molar-refractivity contribution is 0.0190. The van der Waals surface area contributed by atoms with Crippen molar-refractivity contribution in [1.82, 2.24) is 4.90 Å². The number of rotatable bonds is 1. The molecule has 2 heteroatoms. The summed E-state index contributed by atoms with van der Waals surface area (Å²) < 4.78 is 0. The monoisotopic (exact) mass is 285 g/mol. The zero-order valence-corrected chi connectivity index (χ0v) is 12.9. The first-order chi connectivity index (χ1) is 10.3. The molecule has 1 aromatic rings. The fourth-order valence-electron chi connectivity index (χ4n) is 5.16. The number of piperidine rings is 1. The second-order valence-corrected chi connectivity index (χ2v) is 7.28. The number of nitrogens with zero attached hydrogens (tertiary/aromatic N) is 1. The lowest BCUT2D eigenvalue weighted by atomic mass is 9.76. The molecule has 3 aliphatic rings. The fraction of sp³-hybridized carbons (Fsp3) is 0.684. The van der Waals surface area contributed by atoms with Crippen LogP contribution in [0.4, 0.5) is 0 Å². The minimum atomic E-state index is 0.442. The van der Waals surface area contributed by atoms with E-state index in [0.717, 1.165) is 12.0 Å². The average molecular weight is 285 g/mol. The van der Waals surface area contributed by atoms with Crippen LogP contribution in [-0.2, 0) is 6.42 Å². The summed E-state index contributed by atoms with van der Waals surface area (Å²) in [4.78, 5) is 2.82. The zero-order valence-electron chi connectivity index (χ0n) is 12.9. The maximum absolute atomic E-state index is 9.92. The van der Waals surface area contributed by atoms with Gasteiger partial charge in [-0.05, 0) is 80.7 Å². The summed E-state index contributed by atoms with van der Waals surface area (Å²) in [6.45, 7) is 1.26. The van der Waals surface area contributed by atoms with E-state index >= 15 is 0 Å². The highest BCUT2D eigenvalue weighted by Gasteiger charge is 2.38. The molecule has 0 aromatic heterocycles. The van der Waals surface area contributed by atoms with Crippen molar-refractivity contribution >= 4 is 0 Å². The summed E-state index contributed by atoms with van der Waals surface area (Å²) >= 11 is 0. The van der Waals surface area contributed by atoms with Crippen LogP contribution in [0.2, 0.25) is 0 Å². The van der Waals surface area contributed by atoms with Crippen LogP contribution in [0.3, 0.4) is 0 Å². The van der Waals surface area contributed by atoms with Crippen molar-refractivity contribution in [1.29, 1.82) is 0 Å². The molecule has 114 valence electrons. The third kappa shape index (κ3) is 2.48. The van der Waals surface area contributed by atoms with Gasteiger partial charge in [0.15, 0.2) is 0 Å². The van der Waals surface area contributed by atoms with E-state index in [1.807, 2.05) is 12.1 Å². The van der Waals surface area contributed by atoms with Gasteiger partial charge in [0.1, 0.15) is 5.75 Å². The minimum Gasteiger partial charge on any atom is -0.508 e. The van der Waals surface area contributed by atoms with Gasteiger partial charge in [-0.3, -0.25) is 4.90 Å². The van der Waals surface area contributed by atoms with Gasteiger partial charge < -0.3 is 5.11 Å². The highest BCUT2D eigenvalue weighted by atomic mass is 16.3. The maximum Gasteiger partial charge on any atom is 0.115 e. The number of hydrogen-bond donors (Lipinski definition) is 1. The number of aromatic hydroxyl groups is 1. The zero-order chi connectivity index (χ0) is 14.2. The standard InChI is InChI=1S/C19H27NO/c21-16-11-10-14-6-3-9-19(17(14)13-16)20-12-4-7-15-5-1-2-8-18(15)20/h10-11,13,15,18-19,21H,1-9,12H2. The normalized spacial score (nSPS) is 33.2. The van der Waals surface area contributed by atoms with Gasteiger partial charge in [-0.15, -0.1) is 0 Å². The van der Waals surface area contributed by atoms with Crippen molar-refractivity contribution in [2.24, 2.45) is 5.92 Å². The highest BCUT2D eigenvalue weighted by molar-refractivity contribution is 5.38. The first-order valence-electron chi connectivity index (χ1n) is 8.90. The molecule has 1 aliphatic heterocycles. The molecule has 1 saturated heterocycles. The Morgan fingerprint density at radius 1 is 0.952 bits per heavy atom. The van der Waals surface area contributed by atoms with E-state index in [4.69, 9.17) is 0 Å². The van der Waals surface area contributed by atoms with Crippen LogP contribution in [-0.4, -0.2) is 22.6 Å². The third-order valence-electron chi connectivity index (χ3n) is 6.10. The van der Waals surface area contributed by atoms with Crippen molar-refractivity contribution in [2.45, 2.75) is 69.9 Å². The van der Waals surface area contributed by atoms with E-state index in [9.17, 15) is 5.11 Å². The predicted octanol–water partition coefficient (Wildman–Crippen LogP) is 4.42. The van der Waals surface area contributed by atoms with Crippen molar-refractivity contribution in [3.05, 3.63) is 29.3 Å². The van der Waals surface area contributed by atoms with Crippen molar-refractivity contribution in [3.63, 3.8) is 0 Å². The van der Waals surface area contributed by atoms with Crippen molar-refractivity contribution in [2.75, 3.05) is 6.54 Å². The summed E-state index contributed by atoms with van der Waals surface area (Å²) in [6, 6.07) is 7.43. The molecular weight excluding hydrogens is 258 g/mol. The highest BCUT2D eigenvalue weighted by Crippen LogP contribution is 2.43. The predicted molar refractivity (Wildman–Crippen MR) is 85.5 cm³/mol. The Morgan fingerprint density at radius 3 is 2.76 bits per heavy atom. The topological polar surface area (TPSA) is 23.5 Å². The van der Waals surface area contributed by atoms with Gasteiger partial charge in [-0.25, -0.2) is 0 Å². The molecule has 4 rings (SSSR count). The smallest absolute Gasteiger partial charge is 0.115 e. The molecule has 1 aromatic carbocycles. The fourth-order valence-corrected chi connectivity index (χ4v) is 5.16. The second kappa shape index (κ2) is 5.64. The number of likely N-dealkylation sites (tertiary alicyclic amines) is 1. The Kier molecular flexibility index (Phi) is 3.66. The van der Waals surface area contributed by atoms with E-state index in [1.54, 1.807) is 0 Å². The molecule has 1 N–H and O–H groups in total. The maximum atomic E-state index is 9.92. The van der Waals surface area contributed by atoms with Crippen LogP contribution in [0, 0.1) is 5.92 Å². The number of hydrogen-bond acceptors (Lipinski definition) is 2. The molecule has 0 bridgehead atoms. The Morgan fingerprint density at radius 2 is 1.81 bits per heavy atom. The summed E-state index contributed by atoms with van der Waals surface area (Å²) in [7, 11) is 0. The van der Waals surface area contributed by atoms with Crippen LogP contribution >= 0.6 is 0 Å². The summed E-state index contributed by atoms with van der Waals surface area (Å²) in [6.07, 6.45) is 12.3. The van der Waals surface area contributed by atoms with Gasteiger partial charge in [-0.2, -0.15) is 0 Å². The van der Waals surface area contributed by atoms with Crippen LogP contribution in [0.5, 0.6) is 5.75 Å². The molecular formula is C19H27NO. The molecule has 3 atom stereocenters.